The molecule has 1 aromatic rings. The normalized spacial score (nSPS) is 10.2. The lowest BCUT2D eigenvalue weighted by Crippen LogP contribution is -2.00. The highest BCUT2D eigenvalue weighted by atomic mass is 16.1. The van der Waals surface area contributed by atoms with Crippen molar-refractivity contribution in [2.45, 2.75) is 19.9 Å². The van der Waals surface area contributed by atoms with E-state index in [1.807, 2.05) is 13.8 Å². The van der Waals surface area contributed by atoms with Gasteiger partial charge in [0.05, 0.1) is 11.8 Å². The molecule has 0 aliphatic heterocycles. The summed E-state index contributed by atoms with van der Waals surface area (Å²) < 4.78 is 1.75. The number of hydrogen-bond donors (Lipinski definition) is 0. The van der Waals surface area contributed by atoms with Gasteiger partial charge in [-0.1, -0.05) is 6.58 Å². The lowest BCUT2D eigenvalue weighted by atomic mass is 10.2. The number of carbonyl (C=O) groups is 1. The SMILES string of the molecule is C=CC(=O)c1cnn(C(C)C)c1. The van der Waals surface area contributed by atoms with Crippen molar-refractivity contribution in [3.8, 4) is 0 Å². The smallest absolute Gasteiger partial charge is 0.188 e. The Bertz CT molecular complexity index is 299. The molecule has 1 heterocycles. The third-order valence-electron chi connectivity index (χ3n) is 1.60. The maximum atomic E-state index is 11.1. The second-order valence-electron chi connectivity index (χ2n) is 2.87. The van der Waals surface area contributed by atoms with Gasteiger partial charge >= 0.3 is 0 Å². The van der Waals surface area contributed by atoms with Crippen molar-refractivity contribution in [3.05, 3.63) is 30.6 Å². The van der Waals surface area contributed by atoms with Gasteiger partial charge in [-0.3, -0.25) is 9.48 Å². The number of hydrogen-bond acceptors (Lipinski definition) is 2. The van der Waals surface area contributed by atoms with E-state index in [9.17, 15) is 4.79 Å². The first kappa shape index (κ1) is 8.71. The molecule has 3 heteroatoms. The Morgan fingerprint density at radius 2 is 2.42 bits per heavy atom. The van der Waals surface area contributed by atoms with Crippen LogP contribution >= 0.6 is 0 Å². The van der Waals surface area contributed by atoms with E-state index in [1.165, 1.54) is 6.08 Å². The minimum absolute atomic E-state index is 0.0816. The standard InChI is InChI=1S/C9H12N2O/c1-4-9(12)8-5-10-11(6-8)7(2)3/h4-7H,1H2,2-3H3. The summed E-state index contributed by atoms with van der Waals surface area (Å²) in [7, 11) is 0. The summed E-state index contributed by atoms with van der Waals surface area (Å²) in [6, 6.07) is 0.288. The van der Waals surface area contributed by atoms with Gasteiger partial charge in [0.15, 0.2) is 5.78 Å². The number of rotatable bonds is 3. The number of aromatic nitrogens is 2. The van der Waals surface area contributed by atoms with E-state index in [4.69, 9.17) is 0 Å². The van der Waals surface area contributed by atoms with E-state index in [0.29, 0.717) is 5.56 Å². The van der Waals surface area contributed by atoms with Gasteiger partial charge in [-0.25, -0.2) is 0 Å². The molecule has 0 atom stereocenters. The molecule has 0 aliphatic carbocycles. The van der Waals surface area contributed by atoms with Crippen LogP contribution in [0.4, 0.5) is 0 Å². The van der Waals surface area contributed by atoms with Crippen molar-refractivity contribution in [3.63, 3.8) is 0 Å². The van der Waals surface area contributed by atoms with Gasteiger partial charge in [-0.2, -0.15) is 5.10 Å². The van der Waals surface area contributed by atoms with Crippen molar-refractivity contribution in [2.75, 3.05) is 0 Å². The quantitative estimate of drug-likeness (QED) is 0.504. The first-order chi connectivity index (χ1) is 5.65. The van der Waals surface area contributed by atoms with Crippen LogP contribution in [0, 0.1) is 0 Å². The zero-order valence-corrected chi connectivity index (χ0v) is 7.32. The number of nitrogens with zero attached hydrogens (tertiary/aromatic N) is 2. The Morgan fingerprint density at radius 3 is 2.83 bits per heavy atom. The van der Waals surface area contributed by atoms with E-state index >= 15 is 0 Å². The predicted molar refractivity (Wildman–Crippen MR) is 47.1 cm³/mol. The Hall–Kier alpha value is -1.38. The summed E-state index contributed by atoms with van der Waals surface area (Å²) in [6.45, 7) is 7.42. The third-order valence-corrected chi connectivity index (χ3v) is 1.60. The van der Waals surface area contributed by atoms with Crippen LogP contribution < -0.4 is 0 Å². The van der Waals surface area contributed by atoms with Gasteiger partial charge in [0.1, 0.15) is 0 Å². The summed E-state index contributed by atoms with van der Waals surface area (Å²) >= 11 is 0. The molecular formula is C9H12N2O. The molecule has 0 amide bonds. The molecule has 0 bridgehead atoms. The Kier molecular flexibility index (Phi) is 2.43. The lowest BCUT2D eigenvalue weighted by Gasteiger charge is -2.02. The van der Waals surface area contributed by atoms with E-state index in [0.717, 1.165) is 0 Å². The van der Waals surface area contributed by atoms with Crippen LogP contribution in [0.2, 0.25) is 0 Å². The summed E-state index contributed by atoms with van der Waals surface area (Å²) in [5.74, 6) is -0.0816. The average molecular weight is 164 g/mol. The Balaban J connectivity index is 2.91. The third kappa shape index (κ3) is 1.61. The highest BCUT2D eigenvalue weighted by molar-refractivity contribution is 6.03. The Morgan fingerprint density at radius 1 is 1.75 bits per heavy atom. The summed E-state index contributed by atoms with van der Waals surface area (Å²) in [5.41, 5.74) is 0.596. The maximum Gasteiger partial charge on any atom is 0.188 e. The molecule has 0 N–H and O–H groups in total. The second-order valence-corrected chi connectivity index (χ2v) is 2.87. The molecule has 0 unspecified atom stereocenters. The van der Waals surface area contributed by atoms with Gasteiger partial charge in [0.2, 0.25) is 0 Å². The van der Waals surface area contributed by atoms with E-state index in [2.05, 4.69) is 11.7 Å². The van der Waals surface area contributed by atoms with Gasteiger partial charge in [0, 0.05) is 12.2 Å². The highest BCUT2D eigenvalue weighted by Gasteiger charge is 2.05. The molecule has 0 fully saturated rings. The van der Waals surface area contributed by atoms with Crippen molar-refractivity contribution < 1.29 is 4.79 Å². The Labute approximate surface area is 71.7 Å². The topological polar surface area (TPSA) is 34.9 Å². The molecule has 1 aromatic heterocycles. The minimum atomic E-state index is -0.0816. The molecule has 12 heavy (non-hydrogen) atoms. The largest absolute Gasteiger partial charge is 0.289 e. The predicted octanol–water partition coefficient (Wildman–Crippen LogP) is 1.83. The van der Waals surface area contributed by atoms with Crippen LogP contribution in [0.5, 0.6) is 0 Å². The summed E-state index contributed by atoms with van der Waals surface area (Å²) in [4.78, 5) is 11.1. The molecule has 0 spiro atoms. The molecule has 3 nitrogen and oxygen atoms in total. The molecule has 0 aliphatic rings. The van der Waals surface area contributed by atoms with Crippen LogP contribution in [-0.4, -0.2) is 15.6 Å². The van der Waals surface area contributed by atoms with Crippen molar-refractivity contribution in [1.82, 2.24) is 9.78 Å². The van der Waals surface area contributed by atoms with Crippen molar-refractivity contribution >= 4 is 5.78 Å². The minimum Gasteiger partial charge on any atom is -0.289 e. The van der Waals surface area contributed by atoms with Crippen LogP contribution in [0.3, 0.4) is 0 Å². The first-order valence-electron chi connectivity index (χ1n) is 3.86. The molecule has 64 valence electrons. The number of ketones is 1. The van der Waals surface area contributed by atoms with E-state index in [1.54, 1.807) is 17.1 Å². The van der Waals surface area contributed by atoms with Gasteiger partial charge in [0.25, 0.3) is 0 Å². The van der Waals surface area contributed by atoms with Crippen LogP contribution in [-0.2, 0) is 0 Å². The van der Waals surface area contributed by atoms with Gasteiger partial charge in [-0.05, 0) is 19.9 Å². The maximum absolute atomic E-state index is 11.1. The molecule has 0 saturated heterocycles. The molecule has 0 radical (unpaired) electrons. The van der Waals surface area contributed by atoms with Gasteiger partial charge in [-0.15, -0.1) is 0 Å². The summed E-state index contributed by atoms with van der Waals surface area (Å²) in [6.07, 6.45) is 4.58. The number of carbonyl (C=O) groups excluding carboxylic acids is 1. The average Bonchev–Trinajstić information content (AvgIpc) is 2.51. The van der Waals surface area contributed by atoms with Crippen molar-refractivity contribution in [1.29, 1.82) is 0 Å². The van der Waals surface area contributed by atoms with Crippen LogP contribution in [0.25, 0.3) is 0 Å². The molecule has 1 rings (SSSR count). The first-order valence-corrected chi connectivity index (χ1v) is 3.86. The lowest BCUT2D eigenvalue weighted by molar-refractivity contribution is 0.104. The zero-order valence-electron chi connectivity index (χ0n) is 7.32. The highest BCUT2D eigenvalue weighted by Crippen LogP contribution is 2.05. The van der Waals surface area contributed by atoms with Crippen LogP contribution in [0.1, 0.15) is 30.2 Å². The van der Waals surface area contributed by atoms with Crippen LogP contribution in [0.15, 0.2) is 25.0 Å². The second kappa shape index (κ2) is 3.34. The fourth-order valence-corrected chi connectivity index (χ4v) is 0.866. The van der Waals surface area contributed by atoms with E-state index in [-0.39, 0.29) is 11.8 Å². The van der Waals surface area contributed by atoms with E-state index < -0.39 is 0 Å². The summed E-state index contributed by atoms with van der Waals surface area (Å²) in [5, 5.41) is 4.03. The number of allylic oxidation sites excluding steroid dienone is 1. The molecular weight excluding hydrogens is 152 g/mol. The molecule has 0 saturated carbocycles. The fourth-order valence-electron chi connectivity index (χ4n) is 0.866. The van der Waals surface area contributed by atoms with Crippen molar-refractivity contribution in [2.24, 2.45) is 0 Å². The monoisotopic (exact) mass is 164 g/mol. The fraction of sp³-hybridized carbons (Fsp3) is 0.333. The zero-order chi connectivity index (χ0) is 9.14. The van der Waals surface area contributed by atoms with Gasteiger partial charge < -0.3 is 0 Å². The molecule has 0 aromatic carbocycles.